The van der Waals surface area contributed by atoms with Crippen molar-refractivity contribution in [3.05, 3.63) is 90.7 Å². The molecule has 5 atom stereocenters. The molecule has 2 N–H and O–H groups in total. The maximum Gasteiger partial charge on any atom is 0.131 e. The fourth-order valence-electron chi connectivity index (χ4n) is 5.38. The van der Waals surface area contributed by atoms with E-state index >= 15 is 0 Å². The zero-order valence-corrected chi connectivity index (χ0v) is 20.0. The van der Waals surface area contributed by atoms with E-state index in [1.807, 2.05) is 54.6 Å². The summed E-state index contributed by atoms with van der Waals surface area (Å²) in [4.78, 5) is 15.9. The zero-order valence-electron chi connectivity index (χ0n) is 20.0. The van der Waals surface area contributed by atoms with Crippen LogP contribution >= 0.6 is 0 Å². The number of ether oxygens (including phenoxy) is 1. The van der Waals surface area contributed by atoms with E-state index in [0.29, 0.717) is 11.8 Å². The number of hydrogen-bond donors (Lipinski definition) is 2. The van der Waals surface area contributed by atoms with Crippen LogP contribution in [0.25, 0.3) is 17.0 Å². The first-order chi connectivity index (χ1) is 17.0. The fourth-order valence-corrected chi connectivity index (χ4v) is 5.38. The van der Waals surface area contributed by atoms with Gasteiger partial charge in [0, 0.05) is 30.3 Å². The van der Waals surface area contributed by atoms with Gasteiger partial charge < -0.3 is 24.6 Å². The highest BCUT2D eigenvalue weighted by Gasteiger charge is 2.45. The lowest BCUT2D eigenvalue weighted by Gasteiger charge is -2.47. The van der Waals surface area contributed by atoms with E-state index in [4.69, 9.17) is 4.74 Å². The molecular weight excluding hydrogens is 440 g/mol. The molecule has 0 aliphatic carbocycles. The summed E-state index contributed by atoms with van der Waals surface area (Å²) in [6, 6.07) is 17.3. The Balaban J connectivity index is 0.000000221. The molecule has 3 aliphatic rings. The number of nitrogens with zero attached hydrogens (tertiary/aromatic N) is 1. The Morgan fingerprint density at radius 1 is 1.26 bits per heavy atom. The zero-order chi connectivity index (χ0) is 24.8. The number of hydrogen-bond acceptors (Lipinski definition) is 5. The molecule has 3 fully saturated rings. The summed E-state index contributed by atoms with van der Waals surface area (Å²) in [7, 11) is 1.67. The number of aromatic nitrogens is 1. The third-order valence-electron chi connectivity index (χ3n) is 7.22. The molecule has 3 aromatic rings. The van der Waals surface area contributed by atoms with Gasteiger partial charge in [-0.1, -0.05) is 42.5 Å². The van der Waals surface area contributed by atoms with Crippen molar-refractivity contribution in [1.29, 1.82) is 0 Å². The van der Waals surface area contributed by atoms with Gasteiger partial charge in [-0.15, -0.1) is 6.58 Å². The molecule has 0 saturated carbocycles. The summed E-state index contributed by atoms with van der Waals surface area (Å²) >= 11 is 0. The topological polar surface area (TPSA) is 86.9 Å². The molecule has 35 heavy (non-hydrogen) atoms. The molecule has 6 rings (SSSR count). The van der Waals surface area contributed by atoms with Crippen molar-refractivity contribution >= 4 is 22.9 Å². The van der Waals surface area contributed by atoms with Crippen LogP contribution in [0.4, 0.5) is 0 Å². The minimum absolute atomic E-state index is 0.261. The van der Waals surface area contributed by atoms with E-state index in [1.165, 1.54) is 17.4 Å². The Hall–Kier alpha value is -3.48. The van der Waals surface area contributed by atoms with Crippen molar-refractivity contribution in [3.63, 3.8) is 0 Å². The minimum Gasteiger partial charge on any atom is -0.545 e. The average Bonchev–Trinajstić information content (AvgIpc) is 2.92. The van der Waals surface area contributed by atoms with E-state index in [0.717, 1.165) is 53.4 Å². The van der Waals surface area contributed by atoms with Gasteiger partial charge in [0.25, 0.3) is 0 Å². The van der Waals surface area contributed by atoms with Crippen LogP contribution < -0.4 is 14.7 Å². The SMILES string of the molecule is C=C[C@H]1C[NH+]2CC[C@H]1C[C@H]2[C@H](O)c1ccnc2ccc(OC)cc12.O=C([O-])/C=C/c1ccccc1. The number of carboxylic acid groups (broad SMARTS) is 1. The number of piperidine rings is 3. The Morgan fingerprint density at radius 2 is 2.06 bits per heavy atom. The second kappa shape index (κ2) is 11.3. The van der Waals surface area contributed by atoms with Crippen LogP contribution in [-0.2, 0) is 4.79 Å². The quantitative estimate of drug-likeness (QED) is 0.424. The second-order valence-corrected chi connectivity index (χ2v) is 9.19. The van der Waals surface area contributed by atoms with E-state index in [1.54, 1.807) is 13.3 Å². The number of aliphatic hydroxyl groups is 1. The van der Waals surface area contributed by atoms with Crippen LogP contribution in [0.1, 0.15) is 30.1 Å². The van der Waals surface area contributed by atoms with E-state index in [9.17, 15) is 15.0 Å². The lowest BCUT2D eigenvalue weighted by Crippen LogP contribution is -3.20. The Morgan fingerprint density at radius 3 is 2.71 bits per heavy atom. The highest BCUT2D eigenvalue weighted by atomic mass is 16.5. The smallest absolute Gasteiger partial charge is 0.131 e. The van der Waals surface area contributed by atoms with Crippen molar-refractivity contribution in [3.8, 4) is 5.75 Å². The number of methoxy groups -OCH3 is 1. The molecule has 0 radical (unpaired) electrons. The molecule has 1 unspecified atom stereocenters. The van der Waals surface area contributed by atoms with Crippen LogP contribution in [0.2, 0.25) is 0 Å². The molecule has 4 heterocycles. The van der Waals surface area contributed by atoms with Crippen molar-refractivity contribution in [2.45, 2.75) is 25.0 Å². The molecule has 182 valence electrons. The van der Waals surface area contributed by atoms with Gasteiger partial charge in [-0.2, -0.15) is 0 Å². The third-order valence-corrected chi connectivity index (χ3v) is 7.22. The monoisotopic (exact) mass is 472 g/mol. The van der Waals surface area contributed by atoms with Crippen molar-refractivity contribution in [2.24, 2.45) is 11.8 Å². The largest absolute Gasteiger partial charge is 0.545 e. The maximum absolute atomic E-state index is 11.2. The minimum atomic E-state index is -1.17. The predicted molar refractivity (Wildman–Crippen MR) is 135 cm³/mol. The molecule has 0 amide bonds. The molecule has 2 aromatic carbocycles. The van der Waals surface area contributed by atoms with E-state index in [-0.39, 0.29) is 6.04 Å². The highest BCUT2D eigenvalue weighted by Crippen LogP contribution is 2.34. The van der Waals surface area contributed by atoms with Gasteiger partial charge in [0.05, 0.1) is 31.7 Å². The van der Waals surface area contributed by atoms with E-state index in [2.05, 4.69) is 17.6 Å². The number of aliphatic hydroxyl groups excluding tert-OH is 1. The van der Waals surface area contributed by atoms with Crippen LogP contribution in [0.15, 0.2) is 79.5 Å². The summed E-state index contributed by atoms with van der Waals surface area (Å²) in [5.74, 6) is 0.899. The second-order valence-electron chi connectivity index (χ2n) is 9.19. The number of fused-ring (bicyclic) bond motifs is 4. The number of rotatable bonds is 6. The first-order valence-electron chi connectivity index (χ1n) is 12.0. The normalized spacial score (nSPS) is 23.9. The Kier molecular flexibility index (Phi) is 7.95. The van der Waals surface area contributed by atoms with Gasteiger partial charge in [0.2, 0.25) is 0 Å². The number of carbonyl (C=O) groups is 1. The lowest BCUT2D eigenvalue weighted by atomic mass is 9.73. The summed E-state index contributed by atoms with van der Waals surface area (Å²) in [5.41, 5.74) is 2.73. The van der Waals surface area contributed by atoms with Gasteiger partial charge in [0.1, 0.15) is 17.9 Å². The first-order valence-corrected chi connectivity index (χ1v) is 12.0. The summed E-state index contributed by atoms with van der Waals surface area (Å²) in [6.45, 7) is 6.25. The molecule has 3 aliphatic heterocycles. The number of pyridine rings is 1. The van der Waals surface area contributed by atoms with Gasteiger partial charge in [-0.25, -0.2) is 0 Å². The molecular formula is C29H32N2O4. The number of nitrogens with one attached hydrogen (secondary N) is 1. The average molecular weight is 473 g/mol. The number of quaternary nitrogens is 1. The molecule has 0 spiro atoms. The van der Waals surface area contributed by atoms with E-state index < -0.39 is 12.1 Å². The van der Waals surface area contributed by atoms with Crippen LogP contribution in [0, 0.1) is 11.8 Å². The maximum atomic E-state index is 11.2. The van der Waals surface area contributed by atoms with Crippen LogP contribution in [-0.4, -0.2) is 42.3 Å². The fraction of sp³-hybridized carbons (Fsp3) is 0.310. The molecule has 1 aromatic heterocycles. The van der Waals surface area contributed by atoms with Gasteiger partial charge >= 0.3 is 0 Å². The van der Waals surface area contributed by atoms with Gasteiger partial charge in [-0.05, 0) is 47.4 Å². The molecule has 6 heteroatoms. The molecule has 3 saturated heterocycles. The van der Waals surface area contributed by atoms with Crippen LogP contribution in [0.3, 0.4) is 0 Å². The summed E-state index contributed by atoms with van der Waals surface area (Å²) < 4.78 is 5.35. The van der Waals surface area contributed by atoms with Crippen molar-refractivity contribution < 1.29 is 24.6 Å². The van der Waals surface area contributed by atoms with Crippen molar-refractivity contribution in [1.82, 2.24) is 4.98 Å². The predicted octanol–water partition coefficient (Wildman–Crippen LogP) is 2.21. The summed E-state index contributed by atoms with van der Waals surface area (Å²) in [5, 5.41) is 22.1. The molecule has 6 nitrogen and oxygen atoms in total. The lowest BCUT2D eigenvalue weighted by molar-refractivity contribution is -0.949. The van der Waals surface area contributed by atoms with Gasteiger partial charge in [0.15, 0.2) is 0 Å². The summed E-state index contributed by atoms with van der Waals surface area (Å²) in [6.07, 6.45) is 8.27. The number of carboxylic acids is 1. The number of benzene rings is 2. The molecule has 2 bridgehead atoms. The standard InChI is InChI=1S/C20H24N2O2.C9H8O2/c1-3-13-12-22-9-7-14(13)10-19(22)20(23)16-6-8-21-18-5-4-15(24-2)11-17(16)18;10-9(11)7-6-8-4-2-1-3-5-8/h3-6,8,11,13-14,19-20,23H,1,7,9-10,12H2,2H3;1-7H,(H,10,11)/b;7-6+/t13-,14-,19-,20+;/m0./s1. The highest BCUT2D eigenvalue weighted by molar-refractivity contribution is 5.84. The third kappa shape index (κ3) is 5.78. The van der Waals surface area contributed by atoms with Crippen LogP contribution in [0.5, 0.6) is 5.75 Å². The number of carbonyl (C=O) groups excluding carboxylic acids is 1. The Labute approximate surface area is 206 Å². The van der Waals surface area contributed by atoms with Crippen molar-refractivity contribution in [2.75, 3.05) is 20.2 Å². The number of aliphatic carboxylic acids is 1. The van der Waals surface area contributed by atoms with Gasteiger partial charge in [-0.3, -0.25) is 4.98 Å². The Bertz CT molecular complexity index is 1190. The first kappa shape index (κ1) is 24.6.